The summed E-state index contributed by atoms with van der Waals surface area (Å²) in [6.07, 6.45) is 5.45. The van der Waals surface area contributed by atoms with Gasteiger partial charge in [-0.2, -0.15) is 0 Å². The van der Waals surface area contributed by atoms with Gasteiger partial charge < -0.3 is 36.6 Å². The number of primary amides is 1. The molecule has 1 aromatic rings. The Morgan fingerprint density at radius 1 is 1.02 bits per heavy atom. The van der Waals surface area contributed by atoms with Crippen molar-refractivity contribution in [1.82, 2.24) is 21.3 Å². The highest BCUT2D eigenvalue weighted by Gasteiger charge is 2.23. The van der Waals surface area contributed by atoms with Gasteiger partial charge in [-0.25, -0.2) is 0 Å². The lowest BCUT2D eigenvalue weighted by atomic mass is 10.0. The van der Waals surface area contributed by atoms with Crippen LogP contribution in [0.2, 0.25) is 0 Å². The third-order valence-corrected chi connectivity index (χ3v) is 6.05. The van der Waals surface area contributed by atoms with E-state index in [1.54, 1.807) is 31.5 Å². The second-order valence-electron chi connectivity index (χ2n) is 10.2. The van der Waals surface area contributed by atoms with Gasteiger partial charge in [-0.1, -0.05) is 31.1 Å². The highest BCUT2D eigenvalue weighted by atomic mass is 16.6. The Bertz CT molecular complexity index is 971. The molecule has 12 nitrogen and oxygen atoms in total. The van der Waals surface area contributed by atoms with Crippen LogP contribution in [0.4, 0.5) is 0 Å². The molecular weight excluding hydrogens is 528 g/mol. The summed E-state index contributed by atoms with van der Waals surface area (Å²) in [5, 5.41) is 15.2. The van der Waals surface area contributed by atoms with E-state index in [2.05, 4.69) is 26.4 Å². The molecule has 12 heteroatoms. The fourth-order valence-corrected chi connectivity index (χ4v) is 3.86. The normalized spacial score (nSPS) is 12.6. The fraction of sp³-hybridized carbons (Fsp3) is 0.621. The number of likely N-dealkylation sites (N-methyl/N-ethyl adjacent to an activating group) is 1. The minimum atomic E-state index is -0.755. The molecule has 2 atom stereocenters. The predicted octanol–water partition coefficient (Wildman–Crippen LogP) is 1.63. The monoisotopic (exact) mass is 576 g/mol. The molecule has 0 spiro atoms. The first-order chi connectivity index (χ1) is 19.6. The van der Waals surface area contributed by atoms with E-state index in [9.17, 15) is 19.2 Å². The highest BCUT2D eigenvalue weighted by Crippen LogP contribution is 2.09. The van der Waals surface area contributed by atoms with E-state index in [1.807, 2.05) is 19.9 Å². The SMILES string of the molecule is CN[C@@H](CC(C)C)C(=O)N[C@@H](CCCCNC(=O)c1cccc(CO/N=C/CCCOCCNC(C)=O)c1)C(N)=O. The number of benzene rings is 1. The number of nitrogens with one attached hydrogen (secondary N) is 4. The molecule has 0 heterocycles. The van der Waals surface area contributed by atoms with Crippen molar-refractivity contribution >= 4 is 29.8 Å². The maximum atomic E-state index is 12.6. The minimum Gasteiger partial charge on any atom is -0.391 e. The molecule has 0 saturated carbocycles. The zero-order valence-electron chi connectivity index (χ0n) is 24.9. The average molecular weight is 577 g/mol. The Kier molecular flexibility index (Phi) is 18.4. The third kappa shape index (κ3) is 17.0. The topological polar surface area (TPSA) is 173 Å². The van der Waals surface area contributed by atoms with Gasteiger partial charge in [0.25, 0.3) is 5.91 Å². The maximum Gasteiger partial charge on any atom is 0.251 e. The van der Waals surface area contributed by atoms with Crippen molar-refractivity contribution in [1.29, 1.82) is 0 Å². The van der Waals surface area contributed by atoms with Gasteiger partial charge in [0.05, 0.1) is 12.6 Å². The first kappa shape index (κ1) is 35.5. The number of carbonyl (C=O) groups is 4. The molecule has 1 rings (SSSR count). The number of hydrogen-bond acceptors (Lipinski definition) is 8. The molecule has 0 aliphatic carbocycles. The summed E-state index contributed by atoms with van der Waals surface area (Å²) in [5.74, 6) is -0.773. The molecular formula is C29H48N6O6. The lowest BCUT2D eigenvalue weighted by molar-refractivity contribution is -0.129. The minimum absolute atomic E-state index is 0.0733. The fourth-order valence-electron chi connectivity index (χ4n) is 3.86. The van der Waals surface area contributed by atoms with E-state index >= 15 is 0 Å². The molecule has 0 aliphatic heterocycles. The molecule has 0 fully saturated rings. The molecule has 0 radical (unpaired) electrons. The Balaban J connectivity index is 2.31. The van der Waals surface area contributed by atoms with Crippen molar-refractivity contribution in [3.8, 4) is 0 Å². The number of ether oxygens (including phenoxy) is 1. The Labute approximate surface area is 243 Å². The van der Waals surface area contributed by atoms with Crippen molar-refractivity contribution < 1.29 is 28.8 Å². The first-order valence-electron chi connectivity index (χ1n) is 14.2. The van der Waals surface area contributed by atoms with Crippen LogP contribution in [0.1, 0.15) is 75.2 Å². The standard InChI is InChI=1S/C29H48N6O6/c1-21(2)18-26(31-4)29(39)35-25(27(30)37)12-5-6-13-33-28(38)24-11-9-10-23(19-24)20-41-34-14-7-8-16-40-17-15-32-22(3)36/h9-11,14,19,21,25-26,31H,5-8,12-13,15-18,20H2,1-4H3,(H2,30,37)(H,32,36)(H,33,38)(H,35,39)/b34-14+/t25-,26-/m0/s1. The quantitative estimate of drug-likeness (QED) is 0.0792. The number of amides is 4. The van der Waals surface area contributed by atoms with Crippen LogP contribution in [0, 0.1) is 5.92 Å². The van der Waals surface area contributed by atoms with Crippen molar-refractivity contribution in [2.24, 2.45) is 16.8 Å². The predicted molar refractivity (Wildman–Crippen MR) is 158 cm³/mol. The molecule has 0 bridgehead atoms. The first-order valence-corrected chi connectivity index (χ1v) is 14.2. The zero-order valence-corrected chi connectivity index (χ0v) is 24.9. The molecule has 0 saturated heterocycles. The number of nitrogens with zero attached hydrogens (tertiary/aromatic N) is 1. The van der Waals surface area contributed by atoms with E-state index < -0.39 is 11.9 Å². The molecule has 230 valence electrons. The number of oxime groups is 1. The summed E-state index contributed by atoms with van der Waals surface area (Å²) in [7, 11) is 1.71. The second kappa shape index (κ2) is 21.3. The number of unbranched alkanes of at least 4 members (excludes halogenated alkanes) is 2. The summed E-state index contributed by atoms with van der Waals surface area (Å²) in [5.41, 5.74) is 6.82. The number of hydrogen-bond donors (Lipinski definition) is 5. The Morgan fingerprint density at radius 2 is 1.80 bits per heavy atom. The van der Waals surface area contributed by atoms with Gasteiger partial charge in [0.1, 0.15) is 12.6 Å². The molecule has 0 unspecified atom stereocenters. The van der Waals surface area contributed by atoms with Crippen molar-refractivity contribution in [3.05, 3.63) is 35.4 Å². The van der Waals surface area contributed by atoms with Crippen LogP contribution in [0.15, 0.2) is 29.4 Å². The number of rotatable bonds is 22. The van der Waals surface area contributed by atoms with Crippen molar-refractivity contribution in [2.75, 3.05) is 33.4 Å². The lowest BCUT2D eigenvalue weighted by Gasteiger charge is -2.21. The summed E-state index contributed by atoms with van der Waals surface area (Å²) in [6, 6.07) is 5.97. The van der Waals surface area contributed by atoms with Crippen LogP contribution in [0.25, 0.3) is 0 Å². The largest absolute Gasteiger partial charge is 0.391 e. The van der Waals surface area contributed by atoms with Crippen LogP contribution in [0.3, 0.4) is 0 Å². The van der Waals surface area contributed by atoms with Crippen LogP contribution < -0.4 is 27.0 Å². The lowest BCUT2D eigenvalue weighted by Crippen LogP contribution is -2.51. The van der Waals surface area contributed by atoms with Gasteiger partial charge in [-0.3, -0.25) is 19.2 Å². The van der Waals surface area contributed by atoms with Crippen LogP contribution in [-0.4, -0.2) is 75.3 Å². The highest BCUT2D eigenvalue weighted by molar-refractivity contribution is 5.94. The number of nitrogens with two attached hydrogens (primary N) is 1. The Morgan fingerprint density at radius 3 is 2.49 bits per heavy atom. The molecule has 0 aliphatic rings. The summed E-state index contributed by atoms with van der Waals surface area (Å²) in [6.45, 7) is 7.72. The van der Waals surface area contributed by atoms with Gasteiger partial charge in [0.15, 0.2) is 0 Å². The number of carbonyl (C=O) groups excluding carboxylic acids is 4. The van der Waals surface area contributed by atoms with Gasteiger partial charge in [-0.05, 0) is 69.2 Å². The summed E-state index contributed by atoms with van der Waals surface area (Å²) < 4.78 is 5.40. The smallest absolute Gasteiger partial charge is 0.251 e. The van der Waals surface area contributed by atoms with Gasteiger partial charge in [-0.15, -0.1) is 0 Å². The van der Waals surface area contributed by atoms with Gasteiger partial charge >= 0.3 is 0 Å². The Hall–Kier alpha value is -3.51. The molecule has 1 aromatic carbocycles. The van der Waals surface area contributed by atoms with Crippen molar-refractivity contribution in [3.63, 3.8) is 0 Å². The van der Waals surface area contributed by atoms with Crippen LogP contribution in [0.5, 0.6) is 0 Å². The summed E-state index contributed by atoms with van der Waals surface area (Å²) >= 11 is 0. The second-order valence-corrected chi connectivity index (χ2v) is 10.2. The third-order valence-electron chi connectivity index (χ3n) is 6.05. The molecule has 0 aromatic heterocycles. The molecule has 41 heavy (non-hydrogen) atoms. The van der Waals surface area contributed by atoms with E-state index in [1.165, 1.54) is 6.92 Å². The van der Waals surface area contributed by atoms with E-state index in [0.29, 0.717) is 69.9 Å². The molecule has 6 N–H and O–H groups in total. The van der Waals surface area contributed by atoms with E-state index in [-0.39, 0.29) is 30.4 Å². The van der Waals surface area contributed by atoms with Gasteiger partial charge in [0, 0.05) is 38.4 Å². The zero-order chi connectivity index (χ0) is 30.5. The van der Waals surface area contributed by atoms with Crippen LogP contribution >= 0.6 is 0 Å². The van der Waals surface area contributed by atoms with Gasteiger partial charge in [0.2, 0.25) is 17.7 Å². The van der Waals surface area contributed by atoms with Crippen LogP contribution in [-0.2, 0) is 30.6 Å². The molecule has 4 amide bonds. The van der Waals surface area contributed by atoms with E-state index in [4.69, 9.17) is 15.3 Å². The summed E-state index contributed by atoms with van der Waals surface area (Å²) in [4.78, 5) is 53.0. The van der Waals surface area contributed by atoms with E-state index in [0.717, 1.165) is 12.0 Å². The maximum absolute atomic E-state index is 12.6. The average Bonchev–Trinajstić information content (AvgIpc) is 2.93. The van der Waals surface area contributed by atoms with Crippen molar-refractivity contribution in [2.45, 2.75) is 78.0 Å².